The molecular weight excluding hydrogens is 445 g/mol. The Hall–Kier alpha value is -2.24. The van der Waals surface area contributed by atoms with Gasteiger partial charge in [-0.05, 0) is 54.8 Å². The molecule has 2 aromatic carbocycles. The molecule has 1 saturated heterocycles. The summed E-state index contributed by atoms with van der Waals surface area (Å²) in [5.74, 6) is 0.787. The van der Waals surface area contributed by atoms with Crippen molar-refractivity contribution in [2.24, 2.45) is 5.92 Å². The van der Waals surface area contributed by atoms with E-state index in [1.807, 2.05) is 29.2 Å². The summed E-state index contributed by atoms with van der Waals surface area (Å²) < 4.78 is 0. The van der Waals surface area contributed by atoms with Crippen LogP contribution in [0, 0.1) is 5.92 Å². The van der Waals surface area contributed by atoms with Crippen LogP contribution in [0.4, 0.5) is 11.4 Å². The van der Waals surface area contributed by atoms with Crippen LogP contribution >= 0.6 is 23.2 Å². The van der Waals surface area contributed by atoms with Gasteiger partial charge >= 0.3 is 0 Å². The maximum Gasteiger partial charge on any atom is 0.257 e. The SMILES string of the molecule is O=C(Nc1ccc(N2CCN(C(=O)CCC3CCCC3)CC2)cc1)c1ccc(Cl)cc1Cl. The summed E-state index contributed by atoms with van der Waals surface area (Å²) in [7, 11) is 0. The average molecular weight is 474 g/mol. The summed E-state index contributed by atoms with van der Waals surface area (Å²) in [6.45, 7) is 3.16. The van der Waals surface area contributed by atoms with Crippen LogP contribution in [0.25, 0.3) is 0 Å². The van der Waals surface area contributed by atoms with E-state index in [-0.39, 0.29) is 5.91 Å². The van der Waals surface area contributed by atoms with Gasteiger partial charge in [0, 0.05) is 49.0 Å². The van der Waals surface area contributed by atoms with Crippen LogP contribution < -0.4 is 10.2 Å². The molecule has 0 aromatic heterocycles. The maximum atomic E-state index is 12.6. The van der Waals surface area contributed by atoms with E-state index >= 15 is 0 Å². The van der Waals surface area contributed by atoms with E-state index in [0.29, 0.717) is 33.6 Å². The number of benzene rings is 2. The highest BCUT2D eigenvalue weighted by molar-refractivity contribution is 6.37. The van der Waals surface area contributed by atoms with Gasteiger partial charge in [0.15, 0.2) is 0 Å². The molecule has 7 heteroatoms. The van der Waals surface area contributed by atoms with Crippen molar-refractivity contribution in [3.63, 3.8) is 0 Å². The molecule has 0 atom stereocenters. The van der Waals surface area contributed by atoms with Crippen LogP contribution in [0.15, 0.2) is 42.5 Å². The van der Waals surface area contributed by atoms with Crippen LogP contribution in [0.3, 0.4) is 0 Å². The van der Waals surface area contributed by atoms with Crippen LogP contribution in [-0.2, 0) is 4.79 Å². The summed E-state index contributed by atoms with van der Waals surface area (Å²) >= 11 is 12.0. The molecule has 2 amide bonds. The number of amides is 2. The summed E-state index contributed by atoms with van der Waals surface area (Å²) in [5, 5.41) is 3.68. The number of nitrogens with one attached hydrogen (secondary N) is 1. The van der Waals surface area contributed by atoms with E-state index in [1.54, 1.807) is 18.2 Å². The standard InChI is InChI=1S/C25H29Cl2N3O2/c26-19-6-11-22(23(27)17-19)25(32)28-20-7-9-21(10-8-20)29-13-15-30(16-14-29)24(31)12-5-18-3-1-2-4-18/h6-11,17-18H,1-5,12-16H2,(H,28,32). The fourth-order valence-corrected chi connectivity index (χ4v) is 5.12. The number of carbonyl (C=O) groups excluding carboxylic acids is 2. The van der Waals surface area contributed by atoms with Gasteiger partial charge < -0.3 is 15.1 Å². The number of anilines is 2. The second kappa shape index (κ2) is 10.6. The van der Waals surface area contributed by atoms with Gasteiger partial charge in [-0.15, -0.1) is 0 Å². The quantitative estimate of drug-likeness (QED) is 0.570. The number of hydrogen-bond acceptors (Lipinski definition) is 3. The third kappa shape index (κ3) is 5.76. The third-order valence-corrected chi connectivity index (χ3v) is 7.09. The predicted molar refractivity (Wildman–Crippen MR) is 131 cm³/mol. The van der Waals surface area contributed by atoms with E-state index in [4.69, 9.17) is 23.2 Å². The summed E-state index contributed by atoms with van der Waals surface area (Å²) in [6, 6.07) is 12.6. The molecule has 1 aliphatic carbocycles. The first-order chi connectivity index (χ1) is 15.5. The zero-order valence-corrected chi connectivity index (χ0v) is 19.7. The van der Waals surface area contributed by atoms with Gasteiger partial charge in [0.05, 0.1) is 10.6 Å². The highest BCUT2D eigenvalue weighted by Gasteiger charge is 2.23. The average Bonchev–Trinajstić information content (AvgIpc) is 3.32. The molecule has 5 nitrogen and oxygen atoms in total. The molecular formula is C25H29Cl2N3O2. The predicted octanol–water partition coefficient (Wildman–Crippen LogP) is 5.86. The lowest BCUT2D eigenvalue weighted by Crippen LogP contribution is -2.48. The third-order valence-electron chi connectivity index (χ3n) is 6.54. The van der Waals surface area contributed by atoms with Crippen molar-refractivity contribution in [3.05, 3.63) is 58.1 Å². The van der Waals surface area contributed by atoms with Gasteiger partial charge in [-0.25, -0.2) is 0 Å². The lowest BCUT2D eigenvalue weighted by Gasteiger charge is -2.36. The Morgan fingerprint density at radius 2 is 1.62 bits per heavy atom. The molecule has 2 aliphatic rings. The first kappa shape index (κ1) is 22.9. The van der Waals surface area contributed by atoms with Crippen molar-refractivity contribution in [3.8, 4) is 0 Å². The van der Waals surface area contributed by atoms with Crippen molar-refractivity contribution in [2.45, 2.75) is 38.5 Å². The van der Waals surface area contributed by atoms with Crippen molar-refractivity contribution >= 4 is 46.4 Å². The van der Waals surface area contributed by atoms with Gasteiger partial charge in [0.2, 0.25) is 5.91 Å². The largest absolute Gasteiger partial charge is 0.368 e. The normalized spacial score (nSPS) is 16.9. The lowest BCUT2D eigenvalue weighted by atomic mass is 10.0. The smallest absolute Gasteiger partial charge is 0.257 e. The Bertz CT molecular complexity index is 950. The minimum atomic E-state index is -0.274. The molecule has 2 aromatic rings. The molecule has 1 heterocycles. The number of carbonyl (C=O) groups is 2. The van der Waals surface area contributed by atoms with Gasteiger partial charge in [0.25, 0.3) is 5.91 Å². The van der Waals surface area contributed by atoms with E-state index in [0.717, 1.165) is 44.2 Å². The van der Waals surface area contributed by atoms with Crippen molar-refractivity contribution < 1.29 is 9.59 Å². The van der Waals surface area contributed by atoms with E-state index in [9.17, 15) is 9.59 Å². The Morgan fingerprint density at radius 1 is 0.938 bits per heavy atom. The zero-order chi connectivity index (χ0) is 22.5. The summed E-state index contributed by atoms with van der Waals surface area (Å²) in [5.41, 5.74) is 2.17. The Balaban J connectivity index is 1.26. The first-order valence-electron chi connectivity index (χ1n) is 11.4. The molecule has 170 valence electrons. The highest BCUT2D eigenvalue weighted by atomic mass is 35.5. The fourth-order valence-electron chi connectivity index (χ4n) is 4.63. The number of halogens is 2. The van der Waals surface area contributed by atoms with E-state index < -0.39 is 0 Å². The Labute approximate surface area is 199 Å². The molecule has 0 radical (unpaired) electrons. The second-order valence-electron chi connectivity index (χ2n) is 8.68. The molecule has 1 saturated carbocycles. The zero-order valence-electron chi connectivity index (χ0n) is 18.2. The molecule has 2 fully saturated rings. The van der Waals surface area contributed by atoms with Crippen LogP contribution in [-0.4, -0.2) is 42.9 Å². The Morgan fingerprint density at radius 3 is 2.28 bits per heavy atom. The lowest BCUT2D eigenvalue weighted by molar-refractivity contribution is -0.131. The van der Waals surface area contributed by atoms with Crippen molar-refractivity contribution in [1.29, 1.82) is 0 Å². The fraction of sp³-hybridized carbons (Fsp3) is 0.440. The summed E-state index contributed by atoms with van der Waals surface area (Å²) in [6.07, 6.45) is 6.99. The number of nitrogens with zero attached hydrogens (tertiary/aromatic N) is 2. The van der Waals surface area contributed by atoms with E-state index in [1.165, 1.54) is 25.7 Å². The molecule has 1 aliphatic heterocycles. The molecule has 4 rings (SSSR count). The van der Waals surface area contributed by atoms with Gasteiger partial charge in [-0.3, -0.25) is 9.59 Å². The van der Waals surface area contributed by atoms with Gasteiger partial charge in [0.1, 0.15) is 0 Å². The number of hydrogen-bond donors (Lipinski definition) is 1. The second-order valence-corrected chi connectivity index (χ2v) is 9.53. The molecule has 0 unspecified atom stereocenters. The van der Waals surface area contributed by atoms with Crippen LogP contribution in [0.1, 0.15) is 48.9 Å². The Kier molecular flexibility index (Phi) is 7.59. The molecule has 32 heavy (non-hydrogen) atoms. The topological polar surface area (TPSA) is 52.7 Å². The first-order valence-corrected chi connectivity index (χ1v) is 12.1. The van der Waals surface area contributed by atoms with Crippen molar-refractivity contribution in [2.75, 3.05) is 36.4 Å². The minimum Gasteiger partial charge on any atom is -0.368 e. The van der Waals surface area contributed by atoms with Crippen molar-refractivity contribution in [1.82, 2.24) is 4.90 Å². The van der Waals surface area contributed by atoms with Crippen LogP contribution in [0.2, 0.25) is 10.0 Å². The minimum absolute atomic E-state index is 0.274. The van der Waals surface area contributed by atoms with Crippen LogP contribution in [0.5, 0.6) is 0 Å². The van der Waals surface area contributed by atoms with Gasteiger partial charge in [-0.1, -0.05) is 48.9 Å². The van der Waals surface area contributed by atoms with E-state index in [2.05, 4.69) is 10.2 Å². The molecule has 0 spiro atoms. The summed E-state index contributed by atoms with van der Waals surface area (Å²) in [4.78, 5) is 29.3. The monoisotopic (exact) mass is 473 g/mol. The van der Waals surface area contributed by atoms with Gasteiger partial charge in [-0.2, -0.15) is 0 Å². The number of rotatable bonds is 6. The highest BCUT2D eigenvalue weighted by Crippen LogP contribution is 2.29. The number of piperazine rings is 1. The molecule has 0 bridgehead atoms. The maximum absolute atomic E-state index is 12.6. The molecule has 1 N–H and O–H groups in total.